The molecule has 1 aromatic rings. The SMILES string of the molecule is CCC(C)CN(C)c1nc(Cl)cs1. The maximum Gasteiger partial charge on any atom is 0.186 e. The molecular formula is C9H15ClN2S. The normalized spacial score (nSPS) is 12.9. The third-order valence-electron chi connectivity index (χ3n) is 2.07. The summed E-state index contributed by atoms with van der Waals surface area (Å²) in [7, 11) is 2.06. The number of aromatic nitrogens is 1. The van der Waals surface area contributed by atoms with Gasteiger partial charge >= 0.3 is 0 Å². The molecule has 0 aromatic carbocycles. The summed E-state index contributed by atoms with van der Waals surface area (Å²) in [5.41, 5.74) is 0. The van der Waals surface area contributed by atoms with Crippen molar-refractivity contribution in [1.29, 1.82) is 0 Å². The molecule has 0 saturated heterocycles. The predicted octanol–water partition coefficient (Wildman–Crippen LogP) is 3.28. The Hall–Kier alpha value is -0.280. The fourth-order valence-electron chi connectivity index (χ4n) is 1.10. The average molecular weight is 219 g/mol. The third kappa shape index (κ3) is 3.16. The Balaban J connectivity index is 2.53. The molecule has 1 rings (SSSR count). The van der Waals surface area contributed by atoms with Gasteiger partial charge in [-0.3, -0.25) is 0 Å². The minimum Gasteiger partial charge on any atom is -0.351 e. The summed E-state index contributed by atoms with van der Waals surface area (Å²) in [5.74, 6) is 0.702. The second kappa shape index (κ2) is 4.82. The van der Waals surface area contributed by atoms with E-state index in [4.69, 9.17) is 11.6 Å². The van der Waals surface area contributed by atoms with Crippen molar-refractivity contribution in [1.82, 2.24) is 4.98 Å². The number of thiazole rings is 1. The van der Waals surface area contributed by atoms with Gasteiger partial charge in [0.15, 0.2) is 5.13 Å². The smallest absolute Gasteiger partial charge is 0.186 e. The molecule has 0 radical (unpaired) electrons. The first-order chi connectivity index (χ1) is 6.13. The van der Waals surface area contributed by atoms with Gasteiger partial charge in [-0.05, 0) is 5.92 Å². The topological polar surface area (TPSA) is 16.1 Å². The molecule has 0 aliphatic heterocycles. The lowest BCUT2D eigenvalue weighted by atomic mass is 10.1. The summed E-state index contributed by atoms with van der Waals surface area (Å²) in [6, 6.07) is 0. The zero-order valence-corrected chi connectivity index (χ0v) is 9.82. The highest BCUT2D eigenvalue weighted by Gasteiger charge is 2.08. The van der Waals surface area contributed by atoms with Crippen LogP contribution in [-0.4, -0.2) is 18.6 Å². The van der Waals surface area contributed by atoms with E-state index >= 15 is 0 Å². The molecule has 1 heterocycles. The molecule has 13 heavy (non-hydrogen) atoms. The van der Waals surface area contributed by atoms with Crippen LogP contribution in [-0.2, 0) is 0 Å². The van der Waals surface area contributed by atoms with Crippen LogP contribution in [0.15, 0.2) is 5.38 Å². The predicted molar refractivity (Wildman–Crippen MR) is 59.8 cm³/mol. The fraction of sp³-hybridized carbons (Fsp3) is 0.667. The van der Waals surface area contributed by atoms with Gasteiger partial charge in [-0.1, -0.05) is 31.9 Å². The van der Waals surface area contributed by atoms with E-state index in [-0.39, 0.29) is 0 Å². The van der Waals surface area contributed by atoms with Crippen molar-refractivity contribution >= 4 is 28.1 Å². The standard InChI is InChI=1S/C9H15ClN2S/c1-4-7(2)5-12(3)9-11-8(10)6-13-9/h6-7H,4-5H2,1-3H3. The average Bonchev–Trinajstić information content (AvgIpc) is 2.51. The molecule has 0 spiro atoms. The molecule has 0 saturated carbocycles. The van der Waals surface area contributed by atoms with Crippen LogP contribution in [0.2, 0.25) is 5.15 Å². The van der Waals surface area contributed by atoms with Crippen molar-refractivity contribution in [3.8, 4) is 0 Å². The van der Waals surface area contributed by atoms with E-state index in [1.165, 1.54) is 6.42 Å². The van der Waals surface area contributed by atoms with Gasteiger partial charge < -0.3 is 4.90 Å². The zero-order valence-electron chi connectivity index (χ0n) is 8.25. The zero-order chi connectivity index (χ0) is 9.84. The molecule has 0 aliphatic rings. The third-order valence-corrected chi connectivity index (χ3v) is 3.35. The molecular weight excluding hydrogens is 204 g/mol. The Morgan fingerprint density at radius 2 is 2.38 bits per heavy atom. The van der Waals surface area contributed by atoms with Crippen LogP contribution in [0.5, 0.6) is 0 Å². The van der Waals surface area contributed by atoms with Crippen LogP contribution < -0.4 is 4.90 Å². The summed E-state index contributed by atoms with van der Waals surface area (Å²) >= 11 is 7.34. The maximum absolute atomic E-state index is 5.75. The van der Waals surface area contributed by atoms with Gasteiger partial charge in [0.25, 0.3) is 0 Å². The highest BCUT2D eigenvalue weighted by Crippen LogP contribution is 2.22. The molecule has 4 heteroatoms. The van der Waals surface area contributed by atoms with Crippen molar-refractivity contribution in [2.24, 2.45) is 5.92 Å². The number of nitrogens with zero attached hydrogens (tertiary/aromatic N) is 2. The Kier molecular flexibility index (Phi) is 4.00. The van der Waals surface area contributed by atoms with E-state index in [0.717, 1.165) is 11.7 Å². The molecule has 0 amide bonds. The first-order valence-corrected chi connectivity index (χ1v) is 5.71. The molecule has 0 aliphatic carbocycles. The second-order valence-corrected chi connectivity index (χ2v) is 4.57. The van der Waals surface area contributed by atoms with Gasteiger partial charge in [0.1, 0.15) is 5.15 Å². The molecule has 1 unspecified atom stereocenters. The van der Waals surface area contributed by atoms with Crippen LogP contribution in [0.25, 0.3) is 0 Å². The number of hydrogen-bond donors (Lipinski definition) is 0. The summed E-state index contributed by atoms with van der Waals surface area (Å²) in [5, 5.41) is 3.46. The Labute approximate surface area is 88.5 Å². The van der Waals surface area contributed by atoms with Crippen molar-refractivity contribution in [2.45, 2.75) is 20.3 Å². The van der Waals surface area contributed by atoms with Gasteiger partial charge in [-0.2, -0.15) is 0 Å². The van der Waals surface area contributed by atoms with Crippen molar-refractivity contribution < 1.29 is 0 Å². The number of halogens is 1. The van der Waals surface area contributed by atoms with E-state index in [0.29, 0.717) is 11.1 Å². The number of anilines is 1. The molecule has 1 aromatic heterocycles. The molecule has 2 nitrogen and oxygen atoms in total. The van der Waals surface area contributed by atoms with Crippen molar-refractivity contribution in [3.63, 3.8) is 0 Å². The molecule has 0 fully saturated rings. The van der Waals surface area contributed by atoms with Crippen LogP contribution in [0.4, 0.5) is 5.13 Å². The van der Waals surface area contributed by atoms with Gasteiger partial charge in [-0.15, -0.1) is 11.3 Å². The fourth-order valence-corrected chi connectivity index (χ4v) is 2.02. The summed E-state index contributed by atoms with van der Waals surface area (Å²) in [6.07, 6.45) is 1.20. The highest BCUT2D eigenvalue weighted by atomic mass is 35.5. The Morgan fingerprint density at radius 3 is 2.85 bits per heavy atom. The lowest BCUT2D eigenvalue weighted by Crippen LogP contribution is -2.23. The van der Waals surface area contributed by atoms with E-state index in [1.54, 1.807) is 11.3 Å². The largest absolute Gasteiger partial charge is 0.351 e. The van der Waals surface area contributed by atoms with Crippen LogP contribution in [0.3, 0.4) is 0 Å². The van der Waals surface area contributed by atoms with Crippen molar-refractivity contribution in [3.05, 3.63) is 10.5 Å². The van der Waals surface area contributed by atoms with E-state index in [1.807, 2.05) is 5.38 Å². The molecule has 0 bridgehead atoms. The van der Waals surface area contributed by atoms with E-state index in [2.05, 4.69) is 30.8 Å². The van der Waals surface area contributed by atoms with Crippen LogP contribution >= 0.6 is 22.9 Å². The molecule has 74 valence electrons. The van der Waals surface area contributed by atoms with Crippen molar-refractivity contribution in [2.75, 3.05) is 18.5 Å². The number of hydrogen-bond acceptors (Lipinski definition) is 3. The monoisotopic (exact) mass is 218 g/mol. The van der Waals surface area contributed by atoms with Gasteiger partial charge in [0.05, 0.1) is 0 Å². The summed E-state index contributed by atoms with van der Waals surface area (Å²) < 4.78 is 0. The van der Waals surface area contributed by atoms with Crippen LogP contribution in [0, 0.1) is 5.92 Å². The summed E-state index contributed by atoms with van der Waals surface area (Å²) in [4.78, 5) is 6.37. The minimum absolute atomic E-state index is 0.594. The Bertz CT molecular complexity index is 262. The van der Waals surface area contributed by atoms with E-state index < -0.39 is 0 Å². The highest BCUT2D eigenvalue weighted by molar-refractivity contribution is 7.14. The van der Waals surface area contributed by atoms with Gasteiger partial charge in [0, 0.05) is 19.0 Å². The molecule has 0 N–H and O–H groups in total. The van der Waals surface area contributed by atoms with Crippen LogP contribution in [0.1, 0.15) is 20.3 Å². The first kappa shape index (κ1) is 10.8. The lowest BCUT2D eigenvalue weighted by molar-refractivity contribution is 0.559. The maximum atomic E-state index is 5.75. The van der Waals surface area contributed by atoms with E-state index in [9.17, 15) is 0 Å². The summed E-state index contributed by atoms with van der Waals surface area (Å²) in [6.45, 7) is 5.49. The minimum atomic E-state index is 0.594. The lowest BCUT2D eigenvalue weighted by Gasteiger charge is -2.19. The van der Waals surface area contributed by atoms with Gasteiger partial charge in [0.2, 0.25) is 0 Å². The quantitative estimate of drug-likeness (QED) is 0.771. The Morgan fingerprint density at radius 1 is 1.69 bits per heavy atom. The first-order valence-electron chi connectivity index (χ1n) is 4.45. The molecule has 1 atom stereocenters. The number of rotatable bonds is 4. The second-order valence-electron chi connectivity index (χ2n) is 3.35. The van der Waals surface area contributed by atoms with Gasteiger partial charge in [-0.25, -0.2) is 4.98 Å².